The normalized spacial score (nSPS) is 14.0. The minimum Gasteiger partial charge on any atom is -0.466 e. The lowest BCUT2D eigenvalue weighted by molar-refractivity contribution is -0.136. The molecule has 8 heteroatoms. The van der Waals surface area contributed by atoms with E-state index in [1.807, 2.05) is 30.3 Å². The van der Waals surface area contributed by atoms with Crippen LogP contribution in [0.4, 0.5) is 5.69 Å². The van der Waals surface area contributed by atoms with E-state index < -0.39 is 5.97 Å². The molecule has 0 atom stereocenters. The molecule has 2 aromatic carbocycles. The van der Waals surface area contributed by atoms with Crippen molar-refractivity contribution in [3.8, 4) is 11.5 Å². The Kier molecular flexibility index (Phi) is 5.01. The number of carbonyl (C=O) groups is 2. The number of aromatic nitrogens is 1. The Morgan fingerprint density at radius 3 is 2.76 bits per heavy atom. The molecule has 1 aliphatic rings. The Bertz CT molecular complexity index is 1100. The summed E-state index contributed by atoms with van der Waals surface area (Å²) in [4.78, 5) is 30.8. The van der Waals surface area contributed by atoms with Crippen LogP contribution in [0.1, 0.15) is 0 Å². The number of esters is 1. The van der Waals surface area contributed by atoms with Crippen LogP contribution in [0, 0.1) is 0 Å². The van der Waals surface area contributed by atoms with Crippen LogP contribution in [0.3, 0.4) is 0 Å². The predicted octanol–water partition coefficient (Wildman–Crippen LogP) is 2.17. The Morgan fingerprint density at radius 1 is 1.24 bits per heavy atom. The van der Waals surface area contributed by atoms with Crippen molar-refractivity contribution in [3.05, 3.63) is 59.8 Å². The largest absolute Gasteiger partial charge is 0.466 e. The van der Waals surface area contributed by atoms with E-state index in [0.717, 1.165) is 5.56 Å². The summed E-state index contributed by atoms with van der Waals surface area (Å²) in [5.41, 5.74) is 2.76. The number of oxazole rings is 1. The Morgan fingerprint density at radius 2 is 2.03 bits per heavy atom. The molecular weight excluding hydrogens is 374 g/mol. The summed E-state index contributed by atoms with van der Waals surface area (Å²) in [5, 5.41) is 12.2. The van der Waals surface area contributed by atoms with Gasteiger partial charge >= 0.3 is 5.97 Å². The zero-order valence-corrected chi connectivity index (χ0v) is 15.7. The zero-order valence-electron chi connectivity index (χ0n) is 15.7. The average molecular weight is 393 g/mol. The van der Waals surface area contributed by atoms with Gasteiger partial charge in [-0.15, -0.1) is 0 Å². The molecule has 0 saturated carbocycles. The van der Waals surface area contributed by atoms with Gasteiger partial charge in [0, 0.05) is 12.1 Å². The quantitative estimate of drug-likeness (QED) is 0.619. The number of ether oxygens (including phenoxy) is 1. The minimum absolute atomic E-state index is 0.0679. The summed E-state index contributed by atoms with van der Waals surface area (Å²) in [5.74, 6) is -0.529. The second-order valence-corrected chi connectivity index (χ2v) is 6.46. The molecule has 0 radical (unpaired) electrons. The SMILES string of the molecule is COC(=O)C1=C(Nc2cccc3oc(-c4ccccc4)nc23)C(=O)N(CCO)C1. The maximum Gasteiger partial charge on any atom is 0.337 e. The maximum atomic E-state index is 12.7. The van der Waals surface area contributed by atoms with Gasteiger partial charge in [-0.3, -0.25) is 4.79 Å². The maximum absolute atomic E-state index is 12.7. The monoisotopic (exact) mass is 393 g/mol. The molecular formula is C21H19N3O5. The molecule has 1 aliphatic heterocycles. The van der Waals surface area contributed by atoms with Crippen LogP contribution in [0.5, 0.6) is 0 Å². The van der Waals surface area contributed by atoms with Crippen molar-refractivity contribution in [2.75, 3.05) is 32.1 Å². The van der Waals surface area contributed by atoms with Gasteiger partial charge in [-0.1, -0.05) is 24.3 Å². The van der Waals surface area contributed by atoms with Crippen LogP contribution in [0.15, 0.2) is 64.2 Å². The van der Waals surface area contributed by atoms with Crippen LogP contribution in [0.2, 0.25) is 0 Å². The second kappa shape index (κ2) is 7.76. The highest BCUT2D eigenvalue weighted by Crippen LogP contribution is 2.31. The van der Waals surface area contributed by atoms with Gasteiger partial charge in [-0.05, 0) is 24.3 Å². The average Bonchev–Trinajstić information content (AvgIpc) is 3.32. The summed E-state index contributed by atoms with van der Waals surface area (Å²) >= 11 is 0. The Labute approximate surface area is 166 Å². The van der Waals surface area contributed by atoms with Crippen molar-refractivity contribution in [1.82, 2.24) is 9.88 Å². The number of methoxy groups -OCH3 is 1. The van der Waals surface area contributed by atoms with Crippen molar-refractivity contribution >= 4 is 28.7 Å². The lowest BCUT2D eigenvalue weighted by atomic mass is 10.2. The number of nitrogens with zero attached hydrogens (tertiary/aromatic N) is 2. The van der Waals surface area contributed by atoms with Crippen LogP contribution < -0.4 is 5.32 Å². The Balaban J connectivity index is 1.73. The molecule has 0 aliphatic carbocycles. The van der Waals surface area contributed by atoms with Crippen molar-refractivity contribution in [2.24, 2.45) is 0 Å². The van der Waals surface area contributed by atoms with Gasteiger partial charge in [0.25, 0.3) is 5.91 Å². The van der Waals surface area contributed by atoms with Gasteiger partial charge in [0.15, 0.2) is 5.58 Å². The summed E-state index contributed by atoms with van der Waals surface area (Å²) in [7, 11) is 1.26. The fourth-order valence-electron chi connectivity index (χ4n) is 3.24. The van der Waals surface area contributed by atoms with E-state index in [-0.39, 0.29) is 36.9 Å². The van der Waals surface area contributed by atoms with Crippen LogP contribution in [-0.2, 0) is 14.3 Å². The Hall–Kier alpha value is -3.65. The molecule has 0 bridgehead atoms. The summed E-state index contributed by atoms with van der Waals surface area (Å²) < 4.78 is 10.7. The van der Waals surface area contributed by atoms with Gasteiger partial charge in [0.05, 0.1) is 31.5 Å². The van der Waals surface area contributed by atoms with Gasteiger partial charge < -0.3 is 24.5 Å². The molecule has 0 saturated heterocycles. The number of rotatable bonds is 6. The van der Waals surface area contributed by atoms with Crippen LogP contribution in [0.25, 0.3) is 22.6 Å². The smallest absolute Gasteiger partial charge is 0.337 e. The molecule has 4 rings (SSSR count). The van der Waals surface area contributed by atoms with Gasteiger partial charge in [-0.25, -0.2) is 9.78 Å². The summed E-state index contributed by atoms with van der Waals surface area (Å²) in [6.07, 6.45) is 0. The molecule has 1 amide bonds. The first-order chi connectivity index (χ1) is 14.1. The molecule has 1 aromatic heterocycles. The van der Waals surface area contributed by atoms with Crippen molar-refractivity contribution in [3.63, 3.8) is 0 Å². The fraction of sp³-hybridized carbons (Fsp3) is 0.190. The number of fused-ring (bicyclic) bond motifs is 1. The highest BCUT2D eigenvalue weighted by Gasteiger charge is 2.34. The molecule has 8 nitrogen and oxygen atoms in total. The number of benzene rings is 2. The highest BCUT2D eigenvalue weighted by atomic mass is 16.5. The van der Waals surface area contributed by atoms with Gasteiger partial charge in [0.1, 0.15) is 11.2 Å². The fourth-order valence-corrected chi connectivity index (χ4v) is 3.24. The number of aliphatic hydroxyl groups excluding tert-OH is 1. The van der Waals surface area contributed by atoms with E-state index in [0.29, 0.717) is 22.7 Å². The van der Waals surface area contributed by atoms with Crippen LogP contribution >= 0.6 is 0 Å². The first-order valence-electron chi connectivity index (χ1n) is 9.06. The first-order valence-corrected chi connectivity index (χ1v) is 9.06. The van der Waals surface area contributed by atoms with E-state index in [9.17, 15) is 14.7 Å². The van der Waals surface area contributed by atoms with Crippen molar-refractivity contribution in [1.29, 1.82) is 0 Å². The molecule has 2 N–H and O–H groups in total. The van der Waals surface area contributed by atoms with E-state index in [1.54, 1.807) is 18.2 Å². The lowest BCUT2D eigenvalue weighted by Crippen LogP contribution is -2.31. The zero-order chi connectivity index (χ0) is 20.4. The number of carbonyl (C=O) groups excluding carboxylic acids is 2. The third-order valence-corrected chi connectivity index (χ3v) is 4.65. The van der Waals surface area contributed by atoms with E-state index in [1.165, 1.54) is 12.0 Å². The van der Waals surface area contributed by atoms with Crippen molar-refractivity contribution in [2.45, 2.75) is 0 Å². The van der Waals surface area contributed by atoms with Crippen LogP contribution in [-0.4, -0.2) is 53.7 Å². The topological polar surface area (TPSA) is 105 Å². The third-order valence-electron chi connectivity index (χ3n) is 4.65. The number of nitrogens with one attached hydrogen (secondary N) is 1. The predicted molar refractivity (Wildman–Crippen MR) is 106 cm³/mol. The number of hydrogen-bond acceptors (Lipinski definition) is 7. The van der Waals surface area contributed by atoms with Crippen molar-refractivity contribution < 1.29 is 23.8 Å². The molecule has 0 spiro atoms. The summed E-state index contributed by atoms with van der Waals surface area (Å²) in [6.45, 7) is -0.0118. The van der Waals surface area contributed by atoms with Gasteiger partial charge in [0.2, 0.25) is 5.89 Å². The van der Waals surface area contributed by atoms with E-state index >= 15 is 0 Å². The first kappa shape index (κ1) is 18.7. The van der Waals surface area contributed by atoms with Gasteiger partial charge in [-0.2, -0.15) is 0 Å². The number of β-amino-alcohol motifs (C(OH)–C–C–N with tert-alkyl or cyclic N) is 1. The number of anilines is 1. The number of aliphatic hydroxyl groups is 1. The number of amides is 1. The molecule has 148 valence electrons. The third kappa shape index (κ3) is 3.45. The number of para-hydroxylation sites is 1. The molecule has 2 heterocycles. The van der Waals surface area contributed by atoms with E-state index in [2.05, 4.69) is 10.3 Å². The lowest BCUT2D eigenvalue weighted by Gasteiger charge is -2.15. The summed E-state index contributed by atoms with van der Waals surface area (Å²) in [6, 6.07) is 14.8. The standard InChI is InChI=1S/C21H19N3O5/c1-28-21(27)14-12-24(10-11-25)20(26)17(14)22-15-8-5-9-16-18(15)23-19(29-16)13-6-3-2-4-7-13/h2-9,22,25H,10-12H2,1H3. The molecule has 0 fully saturated rings. The minimum atomic E-state index is -0.599. The van der Waals surface area contributed by atoms with E-state index in [4.69, 9.17) is 9.15 Å². The molecule has 29 heavy (non-hydrogen) atoms. The molecule has 0 unspecified atom stereocenters. The highest BCUT2D eigenvalue weighted by molar-refractivity contribution is 6.09. The number of hydrogen-bond donors (Lipinski definition) is 2. The second-order valence-electron chi connectivity index (χ2n) is 6.46. The molecule has 3 aromatic rings.